The molecule has 0 aromatic heterocycles. The summed E-state index contributed by atoms with van der Waals surface area (Å²) in [5, 5.41) is 9.30. The van der Waals surface area contributed by atoms with Gasteiger partial charge in [-0.2, -0.15) is 5.26 Å². The number of nitriles is 1. The average molecular weight is 248 g/mol. The van der Waals surface area contributed by atoms with Gasteiger partial charge < -0.3 is 9.64 Å². The predicted octanol–water partition coefficient (Wildman–Crippen LogP) is 1.85. The zero-order valence-electron chi connectivity index (χ0n) is 10.7. The Morgan fingerprint density at radius 2 is 2.06 bits per heavy atom. The Labute approximate surface area is 108 Å². The molecule has 0 bridgehead atoms. The SMILES string of the molecule is N#CC1(C(=O)N2CCOC3CCCCC32)CCC1. The third-order valence-corrected chi connectivity index (χ3v) is 4.82. The molecule has 3 fully saturated rings. The standard InChI is InChI=1S/C14H20N2O2/c15-10-14(6-3-7-14)13(17)16-8-9-18-12-5-2-1-4-11(12)16/h11-12H,1-9H2. The van der Waals surface area contributed by atoms with E-state index in [9.17, 15) is 10.1 Å². The van der Waals surface area contributed by atoms with E-state index in [1.807, 2.05) is 4.90 Å². The first-order chi connectivity index (χ1) is 8.77. The van der Waals surface area contributed by atoms with Crippen molar-refractivity contribution in [3.05, 3.63) is 0 Å². The van der Waals surface area contributed by atoms with Crippen molar-refractivity contribution in [1.82, 2.24) is 4.90 Å². The molecule has 0 spiro atoms. The number of hydrogen-bond acceptors (Lipinski definition) is 3. The second-order valence-corrected chi connectivity index (χ2v) is 5.81. The molecule has 98 valence electrons. The first-order valence-corrected chi connectivity index (χ1v) is 7.11. The lowest BCUT2D eigenvalue weighted by atomic mass is 9.68. The van der Waals surface area contributed by atoms with Gasteiger partial charge in [0.25, 0.3) is 0 Å². The van der Waals surface area contributed by atoms with Crippen LogP contribution in [0.15, 0.2) is 0 Å². The molecular weight excluding hydrogens is 228 g/mol. The van der Waals surface area contributed by atoms with E-state index in [1.54, 1.807) is 0 Å². The number of nitrogens with zero attached hydrogens (tertiary/aromatic N) is 2. The van der Waals surface area contributed by atoms with Crippen LogP contribution in [0.4, 0.5) is 0 Å². The van der Waals surface area contributed by atoms with Crippen LogP contribution < -0.4 is 0 Å². The summed E-state index contributed by atoms with van der Waals surface area (Å²) in [5.41, 5.74) is -0.695. The summed E-state index contributed by atoms with van der Waals surface area (Å²) < 4.78 is 5.78. The third-order valence-electron chi connectivity index (χ3n) is 4.82. The summed E-state index contributed by atoms with van der Waals surface area (Å²) in [6.07, 6.45) is 7.20. The Balaban J connectivity index is 1.78. The number of rotatable bonds is 1. The van der Waals surface area contributed by atoms with Gasteiger partial charge in [0, 0.05) is 6.54 Å². The maximum absolute atomic E-state index is 12.6. The summed E-state index contributed by atoms with van der Waals surface area (Å²) in [4.78, 5) is 14.6. The zero-order valence-corrected chi connectivity index (χ0v) is 10.7. The molecule has 1 amide bonds. The molecule has 1 saturated heterocycles. The molecule has 2 aliphatic carbocycles. The lowest BCUT2D eigenvalue weighted by Crippen LogP contribution is -2.59. The molecule has 1 heterocycles. The van der Waals surface area contributed by atoms with Gasteiger partial charge in [-0.3, -0.25) is 4.79 Å². The average Bonchev–Trinajstić information content (AvgIpc) is 2.37. The molecule has 0 radical (unpaired) electrons. The fourth-order valence-corrected chi connectivity index (χ4v) is 3.53. The summed E-state index contributed by atoms with van der Waals surface area (Å²) in [6.45, 7) is 1.30. The van der Waals surface area contributed by atoms with Crippen molar-refractivity contribution in [1.29, 1.82) is 5.26 Å². The molecule has 18 heavy (non-hydrogen) atoms. The quantitative estimate of drug-likeness (QED) is 0.711. The predicted molar refractivity (Wildman–Crippen MR) is 65.6 cm³/mol. The van der Waals surface area contributed by atoms with Crippen LogP contribution in [0.1, 0.15) is 44.9 Å². The number of fused-ring (bicyclic) bond motifs is 1. The van der Waals surface area contributed by atoms with Crippen LogP contribution in [-0.2, 0) is 9.53 Å². The van der Waals surface area contributed by atoms with E-state index in [0.717, 1.165) is 32.1 Å². The van der Waals surface area contributed by atoms with Crippen LogP contribution in [0.25, 0.3) is 0 Å². The maximum Gasteiger partial charge on any atom is 0.243 e. The topological polar surface area (TPSA) is 53.3 Å². The molecule has 4 nitrogen and oxygen atoms in total. The fourth-order valence-electron chi connectivity index (χ4n) is 3.53. The fraction of sp³-hybridized carbons (Fsp3) is 0.857. The molecule has 0 aromatic rings. The molecule has 0 aromatic carbocycles. The van der Waals surface area contributed by atoms with Crippen LogP contribution in [0, 0.1) is 16.7 Å². The summed E-state index contributed by atoms with van der Waals surface area (Å²) in [6, 6.07) is 2.50. The first kappa shape index (κ1) is 12.0. The molecule has 3 aliphatic rings. The first-order valence-electron chi connectivity index (χ1n) is 7.11. The van der Waals surface area contributed by atoms with Crippen molar-refractivity contribution in [3.8, 4) is 6.07 Å². The highest BCUT2D eigenvalue weighted by Gasteiger charge is 2.50. The van der Waals surface area contributed by atoms with E-state index >= 15 is 0 Å². The lowest BCUT2D eigenvalue weighted by molar-refractivity contribution is -0.160. The highest BCUT2D eigenvalue weighted by atomic mass is 16.5. The number of carbonyl (C=O) groups is 1. The van der Waals surface area contributed by atoms with Crippen molar-refractivity contribution < 1.29 is 9.53 Å². The van der Waals surface area contributed by atoms with E-state index in [0.29, 0.717) is 13.2 Å². The Morgan fingerprint density at radius 1 is 1.28 bits per heavy atom. The monoisotopic (exact) mass is 248 g/mol. The van der Waals surface area contributed by atoms with Crippen molar-refractivity contribution in [3.63, 3.8) is 0 Å². The number of ether oxygens (including phenoxy) is 1. The lowest BCUT2D eigenvalue weighted by Gasteiger charge is -2.47. The van der Waals surface area contributed by atoms with Gasteiger partial charge >= 0.3 is 0 Å². The zero-order chi connectivity index (χ0) is 12.6. The molecule has 1 aliphatic heterocycles. The summed E-state index contributed by atoms with van der Waals surface area (Å²) in [7, 11) is 0. The minimum absolute atomic E-state index is 0.0800. The second-order valence-electron chi connectivity index (χ2n) is 5.81. The Morgan fingerprint density at radius 3 is 2.72 bits per heavy atom. The minimum Gasteiger partial charge on any atom is -0.374 e. The number of morpholine rings is 1. The normalized spacial score (nSPS) is 34.1. The Bertz CT molecular complexity index is 382. The summed E-state index contributed by atoms with van der Waals surface area (Å²) in [5.74, 6) is 0.0800. The van der Waals surface area contributed by atoms with Crippen molar-refractivity contribution in [2.45, 2.75) is 57.1 Å². The molecule has 0 N–H and O–H groups in total. The minimum atomic E-state index is -0.695. The molecule has 2 saturated carbocycles. The van der Waals surface area contributed by atoms with Gasteiger partial charge in [0.1, 0.15) is 5.41 Å². The van der Waals surface area contributed by atoms with Gasteiger partial charge in [-0.25, -0.2) is 0 Å². The van der Waals surface area contributed by atoms with Gasteiger partial charge in [-0.1, -0.05) is 12.8 Å². The van der Waals surface area contributed by atoms with Gasteiger partial charge in [-0.15, -0.1) is 0 Å². The largest absolute Gasteiger partial charge is 0.374 e. The van der Waals surface area contributed by atoms with Gasteiger partial charge in [0.15, 0.2) is 0 Å². The molecule has 2 unspecified atom stereocenters. The van der Waals surface area contributed by atoms with E-state index < -0.39 is 5.41 Å². The molecule has 4 heteroatoms. The maximum atomic E-state index is 12.6. The molecular formula is C14H20N2O2. The van der Waals surface area contributed by atoms with E-state index in [-0.39, 0.29) is 18.1 Å². The van der Waals surface area contributed by atoms with Gasteiger partial charge in [0.05, 0.1) is 24.8 Å². The Hall–Kier alpha value is -1.08. The van der Waals surface area contributed by atoms with E-state index in [1.165, 1.54) is 12.8 Å². The molecule has 3 rings (SSSR count). The Kier molecular flexibility index (Phi) is 3.03. The van der Waals surface area contributed by atoms with Crippen LogP contribution in [-0.4, -0.2) is 36.1 Å². The number of carbonyl (C=O) groups excluding carboxylic acids is 1. The molecule has 2 atom stereocenters. The van der Waals surface area contributed by atoms with Gasteiger partial charge in [0.2, 0.25) is 5.91 Å². The highest BCUT2D eigenvalue weighted by Crippen LogP contribution is 2.43. The van der Waals surface area contributed by atoms with Crippen molar-refractivity contribution in [2.75, 3.05) is 13.2 Å². The van der Waals surface area contributed by atoms with Gasteiger partial charge in [-0.05, 0) is 32.1 Å². The van der Waals surface area contributed by atoms with Crippen LogP contribution in [0.5, 0.6) is 0 Å². The number of hydrogen-bond donors (Lipinski definition) is 0. The van der Waals surface area contributed by atoms with Crippen molar-refractivity contribution in [2.24, 2.45) is 5.41 Å². The summed E-state index contributed by atoms with van der Waals surface area (Å²) >= 11 is 0. The smallest absolute Gasteiger partial charge is 0.243 e. The number of amides is 1. The van der Waals surface area contributed by atoms with Crippen LogP contribution >= 0.6 is 0 Å². The van der Waals surface area contributed by atoms with Crippen molar-refractivity contribution >= 4 is 5.91 Å². The highest BCUT2D eigenvalue weighted by molar-refractivity contribution is 5.86. The van der Waals surface area contributed by atoms with Crippen LogP contribution in [0.2, 0.25) is 0 Å². The third kappa shape index (κ3) is 1.73. The van der Waals surface area contributed by atoms with E-state index in [2.05, 4.69) is 6.07 Å². The van der Waals surface area contributed by atoms with Crippen LogP contribution in [0.3, 0.4) is 0 Å². The second kappa shape index (κ2) is 4.55. The van der Waals surface area contributed by atoms with E-state index in [4.69, 9.17) is 4.74 Å².